The topological polar surface area (TPSA) is 89.5 Å². The van der Waals surface area contributed by atoms with Crippen LogP contribution in [0.4, 0.5) is 0 Å². The number of carbonyl (C=O) groups excluding carboxylic acids is 2. The molecule has 5 aromatic rings. The second-order valence-corrected chi connectivity index (χ2v) is 19.1. The average Bonchev–Trinajstić information content (AvgIpc) is 3.87. The molecular formula is C62H72O8. The molecule has 3 aliphatic heterocycles. The van der Waals surface area contributed by atoms with E-state index in [4.69, 9.17) is 28.4 Å². The Labute approximate surface area is 416 Å². The molecule has 0 fully saturated rings. The lowest BCUT2D eigenvalue weighted by Crippen LogP contribution is -2.37. The number of para-hydroxylation sites is 2. The third-order valence-electron chi connectivity index (χ3n) is 14.5. The van der Waals surface area contributed by atoms with Crippen molar-refractivity contribution < 1.29 is 38.0 Å². The molecule has 8 rings (SSSR count). The van der Waals surface area contributed by atoms with Crippen LogP contribution in [0, 0.1) is 11.8 Å². The van der Waals surface area contributed by atoms with Crippen LogP contribution in [-0.4, -0.2) is 38.4 Å². The molecule has 0 aliphatic carbocycles. The quantitative estimate of drug-likeness (QED) is 0.165. The zero-order valence-electron chi connectivity index (χ0n) is 41.4. The molecule has 8 nitrogen and oxygen atoms in total. The van der Waals surface area contributed by atoms with Gasteiger partial charge in [-0.2, -0.15) is 0 Å². The maximum absolute atomic E-state index is 14.3. The van der Waals surface area contributed by atoms with Crippen LogP contribution in [-0.2, 0) is 39.7 Å². The number of benzene rings is 5. The fourth-order valence-electron chi connectivity index (χ4n) is 11.1. The molecule has 0 spiro atoms. The molecule has 0 amide bonds. The summed E-state index contributed by atoms with van der Waals surface area (Å²) in [5, 5.41) is 0. The zero-order chi connectivity index (χ0) is 48.4. The lowest BCUT2D eigenvalue weighted by atomic mass is 9.71. The highest BCUT2D eigenvalue weighted by atomic mass is 16.6. The first-order valence-corrected chi connectivity index (χ1v) is 26.1. The summed E-state index contributed by atoms with van der Waals surface area (Å²) in [4.78, 5) is 28.5. The molecule has 3 aliphatic rings. The molecule has 3 heterocycles. The Kier molecular flexibility index (Phi) is 17.9. The van der Waals surface area contributed by atoms with Crippen LogP contribution in [0.5, 0.6) is 11.5 Å². The van der Waals surface area contributed by atoms with Crippen molar-refractivity contribution in [1.29, 1.82) is 0 Å². The van der Waals surface area contributed by atoms with Gasteiger partial charge in [0.25, 0.3) is 0 Å². The second kappa shape index (κ2) is 25.0. The van der Waals surface area contributed by atoms with Gasteiger partial charge in [-0.1, -0.05) is 172 Å². The summed E-state index contributed by atoms with van der Waals surface area (Å²) < 4.78 is 38.6. The van der Waals surface area contributed by atoms with E-state index in [0.29, 0.717) is 49.1 Å². The van der Waals surface area contributed by atoms with E-state index in [0.717, 1.165) is 136 Å². The standard InChI is InChI=1S/C62H72O8/c1-47-57-53(61(69-47,49-31-15-11-16-32-49)50-33-17-12-18-34-50)39-23-5-3-4-6-24-40-54-58(48(2)70-62(54,51-35-19-13-20-36-51)52-37-21-14-22-38-52)60(64)68-46-30-10-8-28-44-66-56-42-26-25-41-55(56)65-43-27-7-9-29-45-67-59(57)63/h11-22,25-26,31-38,41-42,53-54H,3-10,23-24,27-30,39-40,43-46H2,1-2H3. The number of carbonyl (C=O) groups is 2. The van der Waals surface area contributed by atoms with E-state index < -0.39 is 11.2 Å². The summed E-state index contributed by atoms with van der Waals surface area (Å²) >= 11 is 0. The summed E-state index contributed by atoms with van der Waals surface area (Å²) in [5.74, 6) is 1.72. The molecule has 0 saturated carbocycles. The average molecular weight is 945 g/mol. The molecule has 5 aromatic carbocycles. The van der Waals surface area contributed by atoms with Gasteiger partial charge in [-0.3, -0.25) is 0 Å². The number of rotatable bonds is 4. The lowest BCUT2D eigenvalue weighted by Gasteiger charge is -2.37. The molecular weight excluding hydrogens is 873 g/mol. The molecule has 70 heavy (non-hydrogen) atoms. The van der Waals surface area contributed by atoms with Crippen LogP contribution in [0.3, 0.4) is 0 Å². The number of esters is 2. The maximum Gasteiger partial charge on any atom is 0.337 e. The number of ether oxygens (including phenoxy) is 6. The van der Waals surface area contributed by atoms with E-state index in [1.54, 1.807) is 0 Å². The largest absolute Gasteiger partial charge is 0.490 e. The maximum atomic E-state index is 14.3. The van der Waals surface area contributed by atoms with Gasteiger partial charge >= 0.3 is 11.9 Å². The summed E-state index contributed by atoms with van der Waals surface area (Å²) in [6.45, 7) is 5.72. The van der Waals surface area contributed by atoms with Gasteiger partial charge in [-0.25, -0.2) is 9.59 Å². The first kappa shape index (κ1) is 50.1. The van der Waals surface area contributed by atoms with Gasteiger partial charge in [0, 0.05) is 34.1 Å². The van der Waals surface area contributed by atoms with E-state index in [1.165, 1.54) is 0 Å². The van der Waals surface area contributed by atoms with E-state index in [-0.39, 0.29) is 23.8 Å². The minimum Gasteiger partial charge on any atom is -0.490 e. The van der Waals surface area contributed by atoms with Crippen LogP contribution in [0.15, 0.2) is 168 Å². The van der Waals surface area contributed by atoms with Crippen molar-refractivity contribution in [2.24, 2.45) is 11.8 Å². The van der Waals surface area contributed by atoms with Gasteiger partial charge in [-0.05, 0) is 90.2 Å². The van der Waals surface area contributed by atoms with Crippen molar-refractivity contribution in [1.82, 2.24) is 0 Å². The van der Waals surface area contributed by atoms with Crippen molar-refractivity contribution in [2.45, 2.75) is 128 Å². The highest BCUT2D eigenvalue weighted by molar-refractivity contribution is 5.91. The van der Waals surface area contributed by atoms with Gasteiger partial charge in [-0.15, -0.1) is 0 Å². The Bertz CT molecular complexity index is 2230. The van der Waals surface area contributed by atoms with Crippen LogP contribution >= 0.6 is 0 Å². The predicted octanol–water partition coefficient (Wildman–Crippen LogP) is 14.5. The Hall–Kier alpha value is -6.28. The Morgan fingerprint density at radius 3 is 0.943 bits per heavy atom. The molecule has 0 radical (unpaired) electrons. The fraction of sp³-hybridized carbons (Fsp3) is 0.419. The molecule has 2 atom stereocenters. The smallest absolute Gasteiger partial charge is 0.337 e. The van der Waals surface area contributed by atoms with Crippen LogP contribution < -0.4 is 9.47 Å². The Morgan fingerprint density at radius 1 is 0.343 bits per heavy atom. The van der Waals surface area contributed by atoms with E-state index in [2.05, 4.69) is 48.5 Å². The monoisotopic (exact) mass is 945 g/mol. The highest BCUT2D eigenvalue weighted by Crippen LogP contribution is 2.55. The minimum absolute atomic E-state index is 0.234. The van der Waals surface area contributed by atoms with Gasteiger partial charge in [0.15, 0.2) is 22.7 Å². The van der Waals surface area contributed by atoms with Crippen LogP contribution in [0.25, 0.3) is 0 Å². The molecule has 8 heteroatoms. The summed E-state index contributed by atoms with van der Waals surface area (Å²) in [5.41, 5.74) is 3.67. The van der Waals surface area contributed by atoms with Crippen LogP contribution in [0.2, 0.25) is 0 Å². The molecule has 0 bridgehead atoms. The van der Waals surface area contributed by atoms with Crippen molar-refractivity contribution in [3.8, 4) is 11.5 Å². The fourth-order valence-corrected chi connectivity index (χ4v) is 11.1. The summed E-state index contributed by atoms with van der Waals surface area (Å²) in [6, 6.07) is 49.3. The number of fused-ring (bicyclic) bond motifs is 3. The van der Waals surface area contributed by atoms with E-state index in [9.17, 15) is 9.59 Å². The molecule has 0 N–H and O–H groups in total. The van der Waals surface area contributed by atoms with Crippen LogP contribution in [0.1, 0.15) is 139 Å². The third-order valence-corrected chi connectivity index (χ3v) is 14.5. The van der Waals surface area contributed by atoms with Gasteiger partial charge in [0.2, 0.25) is 0 Å². The van der Waals surface area contributed by atoms with Crippen molar-refractivity contribution in [2.75, 3.05) is 26.4 Å². The second-order valence-electron chi connectivity index (χ2n) is 19.1. The lowest BCUT2D eigenvalue weighted by molar-refractivity contribution is -0.140. The molecule has 0 aromatic heterocycles. The van der Waals surface area contributed by atoms with Crippen molar-refractivity contribution in [3.05, 3.63) is 191 Å². The molecule has 0 saturated heterocycles. The van der Waals surface area contributed by atoms with Crippen molar-refractivity contribution in [3.63, 3.8) is 0 Å². The number of hydrogen-bond acceptors (Lipinski definition) is 8. The van der Waals surface area contributed by atoms with Crippen molar-refractivity contribution >= 4 is 11.9 Å². The molecule has 2 unspecified atom stereocenters. The predicted molar refractivity (Wildman–Crippen MR) is 275 cm³/mol. The SMILES string of the molecule is CC1=C2C(=O)OCCCCCCOc3ccccc3OCCCCCCOC(=O)C3=C(C)OC(c4ccccc4)(c4ccccc4)C3CCCCCCCCC2C(c2ccccc2)(c2ccccc2)O1. The third kappa shape index (κ3) is 11.7. The van der Waals surface area contributed by atoms with E-state index >= 15 is 0 Å². The Balaban J connectivity index is 1.01. The minimum atomic E-state index is -0.862. The highest BCUT2D eigenvalue weighted by Gasteiger charge is 2.54. The van der Waals surface area contributed by atoms with E-state index in [1.807, 2.05) is 111 Å². The zero-order valence-corrected chi connectivity index (χ0v) is 41.4. The summed E-state index contributed by atoms with van der Waals surface area (Å²) in [7, 11) is 0. The Morgan fingerprint density at radius 2 is 0.614 bits per heavy atom. The normalized spacial score (nSPS) is 21.6. The number of cyclic esters (lactones) is 2. The first-order chi connectivity index (χ1) is 34.4. The number of hydrogen-bond donors (Lipinski definition) is 0. The van der Waals surface area contributed by atoms with Gasteiger partial charge in [0.05, 0.1) is 37.6 Å². The number of allylic oxidation sites excluding steroid dienone is 2. The van der Waals surface area contributed by atoms with Gasteiger partial charge in [0.1, 0.15) is 11.5 Å². The first-order valence-electron chi connectivity index (χ1n) is 26.1. The summed E-state index contributed by atoms with van der Waals surface area (Å²) in [6.07, 6.45) is 14.6. The molecule has 368 valence electrons. The van der Waals surface area contributed by atoms with Gasteiger partial charge < -0.3 is 28.4 Å².